The van der Waals surface area contributed by atoms with Crippen LogP contribution in [-0.2, 0) is 9.53 Å². The molecule has 1 atom stereocenters. The minimum atomic E-state index is -0.957. The van der Waals surface area contributed by atoms with Gasteiger partial charge in [-0.25, -0.2) is 0 Å². The van der Waals surface area contributed by atoms with E-state index in [0.29, 0.717) is 0 Å². The summed E-state index contributed by atoms with van der Waals surface area (Å²) in [6, 6.07) is 0. The summed E-state index contributed by atoms with van der Waals surface area (Å²) < 4.78 is 5.21. The molecule has 0 spiro atoms. The molecule has 2 N–H and O–H groups in total. The summed E-state index contributed by atoms with van der Waals surface area (Å²) in [4.78, 5) is 15.5. The van der Waals surface area contributed by atoms with Crippen LogP contribution in [0.5, 0.6) is 0 Å². The Bertz CT molecular complexity index is 214. The summed E-state index contributed by atoms with van der Waals surface area (Å²) in [5, 5.41) is 0. The first-order valence-corrected chi connectivity index (χ1v) is 4.79. The molecule has 5 nitrogen and oxygen atoms in total. The van der Waals surface area contributed by atoms with Crippen LogP contribution < -0.4 is 5.73 Å². The van der Waals surface area contributed by atoms with Crippen molar-refractivity contribution in [2.24, 2.45) is 5.73 Å². The third kappa shape index (κ3) is 2.05. The average Bonchev–Trinajstić information content (AvgIpc) is 2.17. The number of amides is 1. The largest absolute Gasteiger partial charge is 0.366 e. The van der Waals surface area contributed by atoms with Gasteiger partial charge in [0.05, 0.1) is 0 Å². The van der Waals surface area contributed by atoms with E-state index < -0.39 is 11.6 Å². The Morgan fingerprint density at radius 3 is 2.21 bits per heavy atom. The van der Waals surface area contributed by atoms with E-state index in [1.54, 1.807) is 6.92 Å². The number of carbonyl (C=O) groups is 1. The maximum Gasteiger partial charge on any atom is 0.264 e. The van der Waals surface area contributed by atoms with Crippen molar-refractivity contribution in [2.45, 2.75) is 12.6 Å². The molecule has 0 aromatic carbocycles. The molecule has 1 rings (SSSR count). The van der Waals surface area contributed by atoms with Crippen molar-refractivity contribution < 1.29 is 9.53 Å². The topological polar surface area (TPSA) is 58.8 Å². The maximum atomic E-state index is 11.3. The highest BCUT2D eigenvalue weighted by atomic mass is 16.5. The molecule has 0 saturated carbocycles. The minimum absolute atomic E-state index is 0.426. The Kier molecular flexibility index (Phi) is 3.47. The standard InChI is InChI=1S/C9H19N3O2/c1-9(14-3,8(10)13)12-6-4-11(2)5-7-12/h4-7H2,1-3H3,(H2,10,13). The van der Waals surface area contributed by atoms with Crippen LogP contribution in [0, 0.1) is 0 Å². The van der Waals surface area contributed by atoms with Crippen LogP contribution in [0.2, 0.25) is 0 Å². The van der Waals surface area contributed by atoms with Gasteiger partial charge in [0, 0.05) is 33.3 Å². The van der Waals surface area contributed by atoms with Gasteiger partial charge < -0.3 is 15.4 Å². The molecule has 1 heterocycles. The Morgan fingerprint density at radius 2 is 1.86 bits per heavy atom. The summed E-state index contributed by atoms with van der Waals surface area (Å²) in [6.07, 6.45) is 0. The van der Waals surface area contributed by atoms with Crippen LogP contribution in [-0.4, -0.2) is 61.8 Å². The Morgan fingerprint density at radius 1 is 1.36 bits per heavy atom. The van der Waals surface area contributed by atoms with Crippen molar-refractivity contribution in [1.29, 1.82) is 0 Å². The van der Waals surface area contributed by atoms with Gasteiger partial charge >= 0.3 is 0 Å². The number of hydrogen-bond donors (Lipinski definition) is 1. The van der Waals surface area contributed by atoms with E-state index in [0.717, 1.165) is 26.2 Å². The van der Waals surface area contributed by atoms with E-state index in [2.05, 4.69) is 11.9 Å². The smallest absolute Gasteiger partial charge is 0.264 e. The number of nitrogens with two attached hydrogens (primary N) is 1. The summed E-state index contributed by atoms with van der Waals surface area (Å²) in [6.45, 7) is 5.21. The van der Waals surface area contributed by atoms with Crippen LogP contribution in [0.25, 0.3) is 0 Å². The Balaban J connectivity index is 2.66. The number of ether oxygens (including phenoxy) is 1. The summed E-state index contributed by atoms with van der Waals surface area (Å²) in [5.41, 5.74) is 4.37. The lowest BCUT2D eigenvalue weighted by molar-refractivity contribution is -0.168. The second kappa shape index (κ2) is 4.25. The van der Waals surface area contributed by atoms with Gasteiger partial charge in [-0.15, -0.1) is 0 Å². The first-order chi connectivity index (χ1) is 6.50. The van der Waals surface area contributed by atoms with E-state index in [-0.39, 0.29) is 0 Å². The van der Waals surface area contributed by atoms with E-state index in [9.17, 15) is 4.79 Å². The van der Waals surface area contributed by atoms with Gasteiger partial charge in [0.25, 0.3) is 5.91 Å². The molecule has 1 saturated heterocycles. The Hall–Kier alpha value is -0.650. The van der Waals surface area contributed by atoms with Crippen LogP contribution in [0.4, 0.5) is 0 Å². The van der Waals surface area contributed by atoms with Crippen LogP contribution >= 0.6 is 0 Å². The van der Waals surface area contributed by atoms with E-state index in [4.69, 9.17) is 10.5 Å². The van der Waals surface area contributed by atoms with Crippen molar-refractivity contribution in [2.75, 3.05) is 40.3 Å². The lowest BCUT2D eigenvalue weighted by Gasteiger charge is -2.41. The molecule has 14 heavy (non-hydrogen) atoms. The van der Waals surface area contributed by atoms with Gasteiger partial charge in [0.1, 0.15) is 0 Å². The third-order valence-corrected chi connectivity index (χ3v) is 2.96. The second-order valence-corrected chi connectivity index (χ2v) is 3.84. The highest BCUT2D eigenvalue weighted by Crippen LogP contribution is 2.17. The van der Waals surface area contributed by atoms with Gasteiger partial charge in [-0.3, -0.25) is 9.69 Å². The van der Waals surface area contributed by atoms with Crippen molar-refractivity contribution in [1.82, 2.24) is 9.80 Å². The average molecular weight is 201 g/mol. The van der Waals surface area contributed by atoms with Crippen molar-refractivity contribution in [3.05, 3.63) is 0 Å². The van der Waals surface area contributed by atoms with Crippen LogP contribution in [0.3, 0.4) is 0 Å². The fraction of sp³-hybridized carbons (Fsp3) is 0.889. The van der Waals surface area contributed by atoms with E-state index in [1.165, 1.54) is 7.11 Å². The first kappa shape index (κ1) is 11.4. The molecule has 0 radical (unpaired) electrons. The number of piperazine rings is 1. The molecule has 82 valence electrons. The van der Waals surface area contributed by atoms with E-state index >= 15 is 0 Å². The molecule has 0 aromatic rings. The minimum Gasteiger partial charge on any atom is -0.366 e. The number of hydrogen-bond acceptors (Lipinski definition) is 4. The number of rotatable bonds is 3. The fourth-order valence-corrected chi connectivity index (χ4v) is 1.62. The monoisotopic (exact) mass is 201 g/mol. The Labute approximate surface area is 84.8 Å². The lowest BCUT2D eigenvalue weighted by atomic mass is 10.1. The molecule has 0 aliphatic carbocycles. The SMILES string of the molecule is COC(C)(C(N)=O)N1CCN(C)CC1. The van der Waals surface area contributed by atoms with Gasteiger partial charge in [0.2, 0.25) is 0 Å². The van der Waals surface area contributed by atoms with Gasteiger partial charge in [-0.05, 0) is 14.0 Å². The van der Waals surface area contributed by atoms with Gasteiger partial charge in [-0.2, -0.15) is 0 Å². The number of primary amides is 1. The van der Waals surface area contributed by atoms with E-state index in [1.807, 2.05) is 4.90 Å². The summed E-state index contributed by atoms with van der Waals surface area (Å²) in [7, 11) is 3.58. The zero-order chi connectivity index (χ0) is 10.8. The zero-order valence-electron chi connectivity index (χ0n) is 9.12. The predicted octanol–water partition coefficient (Wildman–Crippen LogP) is -0.918. The highest BCUT2D eigenvalue weighted by Gasteiger charge is 2.38. The van der Waals surface area contributed by atoms with Gasteiger partial charge in [0.15, 0.2) is 5.72 Å². The molecule has 5 heteroatoms. The normalized spacial score (nSPS) is 24.5. The quantitative estimate of drug-likeness (QED) is 0.641. The molecule has 1 fully saturated rings. The highest BCUT2D eigenvalue weighted by molar-refractivity contribution is 5.82. The van der Waals surface area contributed by atoms with Crippen molar-refractivity contribution in [3.63, 3.8) is 0 Å². The van der Waals surface area contributed by atoms with Crippen molar-refractivity contribution in [3.8, 4) is 0 Å². The molecule has 1 amide bonds. The number of methoxy groups -OCH3 is 1. The zero-order valence-corrected chi connectivity index (χ0v) is 9.12. The number of nitrogens with zero attached hydrogens (tertiary/aromatic N) is 2. The number of carbonyl (C=O) groups excluding carboxylic acids is 1. The molecule has 0 bridgehead atoms. The van der Waals surface area contributed by atoms with Gasteiger partial charge in [-0.1, -0.05) is 0 Å². The van der Waals surface area contributed by atoms with Crippen LogP contribution in [0.1, 0.15) is 6.92 Å². The number of likely N-dealkylation sites (N-methyl/N-ethyl adjacent to an activating group) is 1. The first-order valence-electron chi connectivity index (χ1n) is 4.79. The predicted molar refractivity (Wildman–Crippen MR) is 53.7 cm³/mol. The summed E-state index contributed by atoms with van der Waals surface area (Å²) in [5.74, 6) is -0.426. The second-order valence-electron chi connectivity index (χ2n) is 3.84. The maximum absolute atomic E-state index is 11.3. The fourth-order valence-electron chi connectivity index (χ4n) is 1.62. The third-order valence-electron chi connectivity index (χ3n) is 2.96. The molecule has 1 aliphatic heterocycles. The molecular formula is C9H19N3O2. The molecule has 1 unspecified atom stereocenters. The van der Waals surface area contributed by atoms with Crippen LogP contribution in [0.15, 0.2) is 0 Å². The molecule has 0 aromatic heterocycles. The molecular weight excluding hydrogens is 182 g/mol. The van der Waals surface area contributed by atoms with Crippen molar-refractivity contribution >= 4 is 5.91 Å². The lowest BCUT2D eigenvalue weighted by Crippen LogP contribution is -2.61. The molecule has 1 aliphatic rings. The summed E-state index contributed by atoms with van der Waals surface area (Å²) >= 11 is 0.